The van der Waals surface area contributed by atoms with Crippen LogP contribution in [0.2, 0.25) is 0 Å². The zero-order valence-corrected chi connectivity index (χ0v) is 15.5. The summed E-state index contributed by atoms with van der Waals surface area (Å²) in [5, 5.41) is 9.43. The van der Waals surface area contributed by atoms with Gasteiger partial charge in [-0.3, -0.25) is 14.3 Å². The van der Waals surface area contributed by atoms with Crippen LogP contribution in [-0.4, -0.2) is 31.0 Å². The number of hydrogen-bond acceptors (Lipinski definition) is 4. The Balaban J connectivity index is 1.39. The Morgan fingerprint density at radius 1 is 1.07 bits per heavy atom. The van der Waals surface area contributed by atoms with Crippen molar-refractivity contribution in [3.05, 3.63) is 78.3 Å². The summed E-state index contributed by atoms with van der Waals surface area (Å²) >= 11 is 0. The molecule has 0 aliphatic rings. The van der Waals surface area contributed by atoms with Crippen LogP contribution in [0.1, 0.15) is 16.1 Å². The number of hydrogen-bond donors (Lipinski definition) is 2. The van der Waals surface area contributed by atoms with E-state index in [1.807, 2.05) is 25.3 Å². The van der Waals surface area contributed by atoms with Gasteiger partial charge in [0.1, 0.15) is 23.7 Å². The second-order valence-electron chi connectivity index (χ2n) is 6.48. The number of nitrogens with one attached hydrogen (secondary N) is 2. The minimum atomic E-state index is -0.378. The van der Waals surface area contributed by atoms with E-state index in [1.165, 1.54) is 35.1 Å². The molecule has 0 unspecified atom stereocenters. The number of halogens is 1. The second kappa shape index (κ2) is 7.55. The molecule has 3 aromatic heterocycles. The van der Waals surface area contributed by atoms with Crippen molar-refractivity contribution in [1.29, 1.82) is 0 Å². The zero-order valence-electron chi connectivity index (χ0n) is 15.5. The number of benzene rings is 1. The third kappa shape index (κ3) is 4.13. The number of anilines is 2. The van der Waals surface area contributed by atoms with Gasteiger partial charge in [0.15, 0.2) is 0 Å². The lowest BCUT2D eigenvalue weighted by Gasteiger charge is -2.05. The number of nitrogens with zero attached hydrogens (tertiary/aromatic N) is 4. The Kier molecular flexibility index (Phi) is 4.78. The lowest BCUT2D eigenvalue weighted by molar-refractivity contribution is -0.116. The number of aromatic nitrogens is 4. The monoisotopic (exact) mass is 392 g/mol. The minimum absolute atomic E-state index is 0.0548. The van der Waals surface area contributed by atoms with Crippen molar-refractivity contribution in [2.75, 3.05) is 10.6 Å². The second-order valence-corrected chi connectivity index (χ2v) is 6.48. The Bertz CT molecular complexity index is 1200. The van der Waals surface area contributed by atoms with Crippen LogP contribution in [-0.2, 0) is 11.3 Å². The van der Waals surface area contributed by atoms with E-state index >= 15 is 0 Å². The molecule has 4 rings (SSSR count). The molecule has 9 heteroatoms. The highest BCUT2D eigenvalue weighted by Crippen LogP contribution is 2.13. The first kappa shape index (κ1) is 18.4. The zero-order chi connectivity index (χ0) is 20.4. The van der Waals surface area contributed by atoms with E-state index in [2.05, 4.69) is 20.7 Å². The summed E-state index contributed by atoms with van der Waals surface area (Å²) in [6.45, 7) is 1.87. The standard InChI is InChI=1S/C20H17FN6O2/c1-13-3-2-8-26-11-17(25-19(13)26)20(29)24-16-9-22-27(10-16)12-18(28)23-15-6-4-14(21)5-7-15/h2-11H,12H2,1H3,(H,23,28)(H,24,29). The molecular weight excluding hydrogens is 375 g/mol. The topological polar surface area (TPSA) is 93.3 Å². The van der Waals surface area contributed by atoms with Gasteiger partial charge in [0.2, 0.25) is 5.91 Å². The lowest BCUT2D eigenvalue weighted by Crippen LogP contribution is -2.19. The Morgan fingerprint density at radius 3 is 2.62 bits per heavy atom. The average Bonchev–Trinajstić information content (AvgIpc) is 3.31. The molecule has 0 saturated carbocycles. The predicted molar refractivity (Wildman–Crippen MR) is 105 cm³/mol. The molecule has 3 heterocycles. The molecule has 0 aliphatic carbocycles. The lowest BCUT2D eigenvalue weighted by atomic mass is 10.3. The van der Waals surface area contributed by atoms with Gasteiger partial charge < -0.3 is 15.0 Å². The van der Waals surface area contributed by atoms with Crippen LogP contribution in [0.5, 0.6) is 0 Å². The summed E-state index contributed by atoms with van der Waals surface area (Å²) in [7, 11) is 0. The van der Waals surface area contributed by atoms with Gasteiger partial charge in [0.05, 0.1) is 11.9 Å². The van der Waals surface area contributed by atoms with Crippen molar-refractivity contribution in [1.82, 2.24) is 19.2 Å². The Labute approximate surface area is 165 Å². The van der Waals surface area contributed by atoms with E-state index in [0.29, 0.717) is 17.0 Å². The third-order valence-electron chi connectivity index (χ3n) is 4.24. The predicted octanol–water partition coefficient (Wildman–Crippen LogP) is 2.87. The number of fused-ring (bicyclic) bond motifs is 1. The molecule has 29 heavy (non-hydrogen) atoms. The summed E-state index contributed by atoms with van der Waals surface area (Å²) in [6.07, 6.45) is 6.47. The summed E-state index contributed by atoms with van der Waals surface area (Å²) in [6, 6.07) is 9.27. The molecule has 0 spiro atoms. The highest BCUT2D eigenvalue weighted by Gasteiger charge is 2.13. The quantitative estimate of drug-likeness (QED) is 0.546. The van der Waals surface area contributed by atoms with Crippen LogP contribution in [0.3, 0.4) is 0 Å². The smallest absolute Gasteiger partial charge is 0.275 e. The van der Waals surface area contributed by atoms with E-state index in [0.717, 1.165) is 5.56 Å². The van der Waals surface area contributed by atoms with Crippen molar-refractivity contribution in [3.63, 3.8) is 0 Å². The van der Waals surface area contributed by atoms with Crippen molar-refractivity contribution >= 4 is 28.8 Å². The molecule has 4 aromatic rings. The molecule has 0 aliphatic heterocycles. The first-order valence-electron chi connectivity index (χ1n) is 8.81. The van der Waals surface area contributed by atoms with E-state index in [-0.39, 0.29) is 29.9 Å². The number of carbonyl (C=O) groups excluding carboxylic acids is 2. The van der Waals surface area contributed by atoms with E-state index in [9.17, 15) is 14.0 Å². The van der Waals surface area contributed by atoms with E-state index in [1.54, 1.807) is 16.8 Å². The number of carbonyl (C=O) groups is 2. The first-order chi connectivity index (χ1) is 14.0. The van der Waals surface area contributed by atoms with Crippen LogP contribution >= 0.6 is 0 Å². The van der Waals surface area contributed by atoms with Crippen LogP contribution in [0.15, 0.2) is 61.2 Å². The van der Waals surface area contributed by atoms with Crippen LogP contribution in [0, 0.1) is 12.7 Å². The number of amides is 2. The molecule has 0 fully saturated rings. The number of pyridine rings is 1. The van der Waals surface area contributed by atoms with Crippen molar-refractivity contribution < 1.29 is 14.0 Å². The maximum Gasteiger partial charge on any atom is 0.275 e. The molecule has 8 nitrogen and oxygen atoms in total. The molecule has 0 bridgehead atoms. The van der Waals surface area contributed by atoms with Gasteiger partial charge in [-0.1, -0.05) is 6.07 Å². The van der Waals surface area contributed by atoms with Crippen molar-refractivity contribution in [2.24, 2.45) is 0 Å². The Morgan fingerprint density at radius 2 is 1.86 bits per heavy atom. The summed E-state index contributed by atoms with van der Waals surface area (Å²) in [5.41, 5.74) is 2.89. The van der Waals surface area contributed by atoms with Gasteiger partial charge >= 0.3 is 0 Å². The maximum atomic E-state index is 12.9. The molecular formula is C20H17FN6O2. The van der Waals surface area contributed by atoms with Crippen molar-refractivity contribution in [2.45, 2.75) is 13.5 Å². The van der Waals surface area contributed by atoms with Gasteiger partial charge in [0.25, 0.3) is 5.91 Å². The molecule has 0 radical (unpaired) electrons. The fraction of sp³-hybridized carbons (Fsp3) is 0.100. The van der Waals surface area contributed by atoms with Gasteiger partial charge in [-0.25, -0.2) is 9.37 Å². The van der Waals surface area contributed by atoms with Crippen molar-refractivity contribution in [3.8, 4) is 0 Å². The van der Waals surface area contributed by atoms with Gasteiger partial charge in [-0.15, -0.1) is 0 Å². The molecule has 2 amide bonds. The van der Waals surface area contributed by atoms with E-state index < -0.39 is 0 Å². The third-order valence-corrected chi connectivity index (χ3v) is 4.24. The minimum Gasteiger partial charge on any atom is -0.324 e. The molecule has 146 valence electrons. The maximum absolute atomic E-state index is 12.9. The van der Waals surface area contributed by atoms with E-state index in [4.69, 9.17) is 0 Å². The van der Waals surface area contributed by atoms with Crippen LogP contribution in [0.25, 0.3) is 5.65 Å². The van der Waals surface area contributed by atoms with Gasteiger partial charge in [0, 0.05) is 24.3 Å². The fourth-order valence-electron chi connectivity index (χ4n) is 2.85. The SMILES string of the molecule is Cc1cccn2cc(C(=O)Nc3cnn(CC(=O)Nc4ccc(F)cc4)c3)nc12. The van der Waals surface area contributed by atoms with Crippen LogP contribution < -0.4 is 10.6 Å². The molecule has 1 aromatic carbocycles. The Hall–Kier alpha value is -4.01. The fourth-order valence-corrected chi connectivity index (χ4v) is 2.85. The molecule has 0 atom stereocenters. The number of rotatable bonds is 5. The molecule has 2 N–H and O–H groups in total. The first-order valence-corrected chi connectivity index (χ1v) is 8.81. The average molecular weight is 392 g/mol. The normalized spacial score (nSPS) is 10.8. The summed E-state index contributed by atoms with van der Waals surface area (Å²) in [5.74, 6) is -1.08. The number of imidazole rings is 1. The van der Waals surface area contributed by atoms with Crippen LogP contribution in [0.4, 0.5) is 15.8 Å². The molecule has 0 saturated heterocycles. The van der Waals surface area contributed by atoms with Gasteiger partial charge in [-0.05, 0) is 42.8 Å². The highest BCUT2D eigenvalue weighted by atomic mass is 19.1. The summed E-state index contributed by atoms with van der Waals surface area (Å²) < 4.78 is 16.1. The number of aryl methyl sites for hydroxylation is 1. The van der Waals surface area contributed by atoms with Gasteiger partial charge in [-0.2, -0.15) is 5.10 Å². The largest absolute Gasteiger partial charge is 0.324 e. The highest BCUT2D eigenvalue weighted by molar-refractivity contribution is 6.03. The summed E-state index contributed by atoms with van der Waals surface area (Å²) in [4.78, 5) is 28.9.